The summed E-state index contributed by atoms with van der Waals surface area (Å²) in [6, 6.07) is 5.16. The fourth-order valence-electron chi connectivity index (χ4n) is 2.58. The van der Waals surface area contributed by atoms with Crippen LogP contribution in [0.2, 0.25) is 0 Å². The van der Waals surface area contributed by atoms with Crippen LogP contribution in [0.4, 0.5) is 0 Å². The van der Waals surface area contributed by atoms with E-state index in [2.05, 4.69) is 10.3 Å². The molecule has 0 unspecified atom stereocenters. The molecule has 0 aromatic carbocycles. The van der Waals surface area contributed by atoms with Gasteiger partial charge in [-0.3, -0.25) is 9.78 Å². The van der Waals surface area contributed by atoms with Gasteiger partial charge in [0.25, 0.3) is 5.91 Å². The van der Waals surface area contributed by atoms with Crippen LogP contribution >= 0.6 is 0 Å². The Hall–Kier alpha value is -1.46. The summed E-state index contributed by atoms with van der Waals surface area (Å²) in [6.07, 6.45) is 2.14. The van der Waals surface area contributed by atoms with Crippen LogP contribution in [0, 0.1) is 5.41 Å². The molecule has 1 aromatic rings. The lowest BCUT2D eigenvalue weighted by atomic mass is 9.56. The van der Waals surface area contributed by atoms with Gasteiger partial charge >= 0.3 is 0 Å². The molecule has 2 N–H and O–H groups in total. The van der Waals surface area contributed by atoms with Crippen LogP contribution in [-0.2, 0) is 4.74 Å². The largest absolute Gasteiger partial charge is 0.387 e. The minimum Gasteiger partial charge on any atom is -0.387 e. The molecule has 1 aliphatic rings. The van der Waals surface area contributed by atoms with E-state index >= 15 is 0 Å². The van der Waals surface area contributed by atoms with E-state index in [9.17, 15) is 9.90 Å². The molecule has 2 atom stereocenters. The van der Waals surface area contributed by atoms with E-state index in [-0.39, 0.29) is 24.0 Å². The molecule has 2 rings (SSSR count). The van der Waals surface area contributed by atoms with E-state index in [1.54, 1.807) is 24.4 Å². The Balaban J connectivity index is 1.93. The van der Waals surface area contributed by atoms with Crippen molar-refractivity contribution >= 4 is 5.91 Å². The van der Waals surface area contributed by atoms with Crippen LogP contribution in [-0.4, -0.2) is 40.9 Å². The molecular weight excluding hydrogens is 256 g/mol. The highest BCUT2D eigenvalue weighted by Crippen LogP contribution is 2.50. The third-order valence-corrected chi connectivity index (χ3v) is 4.33. The Morgan fingerprint density at radius 2 is 2.30 bits per heavy atom. The Bertz CT molecular complexity index is 475. The van der Waals surface area contributed by atoms with E-state index in [1.165, 1.54) is 0 Å². The number of carbonyl (C=O) groups excluding carboxylic acids is 1. The first-order valence-electron chi connectivity index (χ1n) is 6.94. The van der Waals surface area contributed by atoms with Gasteiger partial charge in [0.15, 0.2) is 0 Å². The second-order valence-electron chi connectivity index (χ2n) is 5.80. The molecule has 1 fully saturated rings. The Labute approximate surface area is 119 Å². The van der Waals surface area contributed by atoms with Gasteiger partial charge in [-0.05, 0) is 19.1 Å². The van der Waals surface area contributed by atoms with Crippen molar-refractivity contribution in [2.24, 2.45) is 5.41 Å². The predicted molar refractivity (Wildman–Crippen MR) is 75.3 cm³/mol. The molecule has 5 heteroatoms. The summed E-state index contributed by atoms with van der Waals surface area (Å²) in [7, 11) is 0. The van der Waals surface area contributed by atoms with Crippen molar-refractivity contribution in [1.29, 1.82) is 0 Å². The zero-order chi connectivity index (χ0) is 14.8. The maximum absolute atomic E-state index is 11.9. The molecule has 0 spiro atoms. The van der Waals surface area contributed by atoms with Crippen molar-refractivity contribution in [1.82, 2.24) is 10.3 Å². The molecule has 20 heavy (non-hydrogen) atoms. The molecule has 110 valence electrons. The highest BCUT2D eigenvalue weighted by atomic mass is 16.5. The normalized spacial score (nSPS) is 27.7. The smallest absolute Gasteiger partial charge is 0.269 e. The number of nitrogens with zero attached hydrogens (tertiary/aromatic N) is 1. The van der Waals surface area contributed by atoms with Crippen LogP contribution in [0.25, 0.3) is 0 Å². The standard InChI is InChI=1S/C15H22N2O3/c1-4-20-12-9-15(19,14(12,2)3)10-17-13(18)11-7-5-6-8-16-11/h5-8,12,19H,4,9-10H2,1-3H3,(H,17,18)/t12-,15+/m1/s1. The molecule has 0 saturated heterocycles. The molecule has 1 heterocycles. The summed E-state index contributed by atoms with van der Waals surface area (Å²) < 4.78 is 5.59. The van der Waals surface area contributed by atoms with Crippen LogP contribution < -0.4 is 5.32 Å². The van der Waals surface area contributed by atoms with Gasteiger partial charge in [-0.25, -0.2) is 0 Å². The highest BCUT2D eigenvalue weighted by Gasteiger charge is 2.59. The van der Waals surface area contributed by atoms with E-state index in [0.717, 1.165) is 0 Å². The molecule has 1 aliphatic carbocycles. The zero-order valence-corrected chi connectivity index (χ0v) is 12.2. The number of amides is 1. The van der Waals surface area contributed by atoms with Gasteiger partial charge < -0.3 is 15.2 Å². The Morgan fingerprint density at radius 1 is 1.55 bits per heavy atom. The predicted octanol–water partition coefficient (Wildman–Crippen LogP) is 1.38. The molecule has 5 nitrogen and oxygen atoms in total. The van der Waals surface area contributed by atoms with Gasteiger partial charge in [0, 0.05) is 31.2 Å². The van der Waals surface area contributed by atoms with E-state index in [0.29, 0.717) is 18.7 Å². The van der Waals surface area contributed by atoms with E-state index in [1.807, 2.05) is 20.8 Å². The number of aromatic nitrogens is 1. The van der Waals surface area contributed by atoms with Gasteiger partial charge in [-0.2, -0.15) is 0 Å². The quantitative estimate of drug-likeness (QED) is 0.853. The number of carbonyl (C=O) groups is 1. The second-order valence-corrected chi connectivity index (χ2v) is 5.80. The maximum atomic E-state index is 11.9. The highest BCUT2D eigenvalue weighted by molar-refractivity contribution is 5.92. The van der Waals surface area contributed by atoms with Gasteiger partial charge in [-0.15, -0.1) is 0 Å². The topological polar surface area (TPSA) is 71.5 Å². The van der Waals surface area contributed by atoms with Crippen LogP contribution in [0.5, 0.6) is 0 Å². The van der Waals surface area contributed by atoms with Crippen molar-refractivity contribution in [2.75, 3.05) is 13.2 Å². The minimum absolute atomic E-state index is 0.0317. The molecule has 1 aromatic heterocycles. The monoisotopic (exact) mass is 278 g/mol. The lowest BCUT2D eigenvalue weighted by Crippen LogP contribution is -2.68. The molecule has 0 radical (unpaired) electrons. The van der Waals surface area contributed by atoms with E-state index in [4.69, 9.17) is 4.74 Å². The first kappa shape index (κ1) is 14.9. The van der Waals surface area contributed by atoms with Crippen molar-refractivity contribution < 1.29 is 14.6 Å². The first-order chi connectivity index (χ1) is 9.40. The Morgan fingerprint density at radius 3 is 2.85 bits per heavy atom. The molecule has 1 amide bonds. The van der Waals surface area contributed by atoms with Crippen molar-refractivity contribution in [3.05, 3.63) is 30.1 Å². The number of hydrogen-bond acceptors (Lipinski definition) is 4. The fraction of sp³-hybridized carbons (Fsp3) is 0.600. The third-order valence-electron chi connectivity index (χ3n) is 4.33. The van der Waals surface area contributed by atoms with Gasteiger partial charge in [-0.1, -0.05) is 19.9 Å². The molecule has 0 bridgehead atoms. The summed E-state index contributed by atoms with van der Waals surface area (Å²) in [5.41, 5.74) is -0.952. The number of aliphatic hydroxyl groups is 1. The van der Waals surface area contributed by atoms with Crippen molar-refractivity contribution in [3.63, 3.8) is 0 Å². The maximum Gasteiger partial charge on any atom is 0.269 e. The average Bonchev–Trinajstić information content (AvgIpc) is 2.45. The van der Waals surface area contributed by atoms with Gasteiger partial charge in [0.2, 0.25) is 0 Å². The lowest BCUT2D eigenvalue weighted by molar-refractivity contribution is -0.237. The second kappa shape index (κ2) is 5.50. The summed E-state index contributed by atoms with van der Waals surface area (Å²) in [6.45, 7) is 6.70. The lowest BCUT2D eigenvalue weighted by Gasteiger charge is -2.57. The number of ether oxygens (including phenoxy) is 1. The number of rotatable bonds is 5. The SMILES string of the molecule is CCO[C@@H]1C[C@](O)(CNC(=O)c2ccccn2)C1(C)C. The summed E-state index contributed by atoms with van der Waals surface area (Å²) in [5.74, 6) is -0.269. The average molecular weight is 278 g/mol. The first-order valence-corrected chi connectivity index (χ1v) is 6.94. The Kier molecular flexibility index (Phi) is 4.11. The zero-order valence-electron chi connectivity index (χ0n) is 12.2. The summed E-state index contributed by atoms with van der Waals surface area (Å²) in [4.78, 5) is 15.9. The molecule has 0 aliphatic heterocycles. The van der Waals surface area contributed by atoms with Crippen molar-refractivity contribution in [3.8, 4) is 0 Å². The fourth-order valence-corrected chi connectivity index (χ4v) is 2.58. The van der Waals surface area contributed by atoms with E-state index < -0.39 is 5.60 Å². The van der Waals surface area contributed by atoms with Gasteiger partial charge in [0.05, 0.1) is 11.7 Å². The molecular formula is C15H22N2O3. The van der Waals surface area contributed by atoms with Crippen molar-refractivity contribution in [2.45, 2.75) is 38.9 Å². The molecule has 1 saturated carbocycles. The number of pyridine rings is 1. The van der Waals surface area contributed by atoms with Crippen LogP contribution in [0.15, 0.2) is 24.4 Å². The van der Waals surface area contributed by atoms with Crippen LogP contribution in [0.1, 0.15) is 37.7 Å². The minimum atomic E-state index is -0.933. The number of nitrogens with one attached hydrogen (secondary N) is 1. The third kappa shape index (κ3) is 2.55. The number of hydrogen-bond donors (Lipinski definition) is 2. The summed E-state index contributed by atoms with van der Waals surface area (Å²) >= 11 is 0. The summed E-state index contributed by atoms with van der Waals surface area (Å²) in [5, 5.41) is 13.4. The van der Waals surface area contributed by atoms with Crippen LogP contribution in [0.3, 0.4) is 0 Å². The van der Waals surface area contributed by atoms with Gasteiger partial charge in [0.1, 0.15) is 5.69 Å².